The van der Waals surface area contributed by atoms with E-state index in [-0.39, 0.29) is 10.7 Å². The number of hydrogen-bond donors (Lipinski definition) is 1. The molecule has 0 aromatic heterocycles. The van der Waals surface area contributed by atoms with Crippen LogP contribution >= 0.6 is 31.9 Å². The molecule has 0 heterocycles. The molecule has 0 fully saturated rings. The summed E-state index contributed by atoms with van der Waals surface area (Å²) in [6.45, 7) is 1.15. The monoisotopic (exact) mass is 363 g/mol. The van der Waals surface area contributed by atoms with Gasteiger partial charge in [-0.05, 0) is 17.7 Å². The maximum Gasteiger partial charge on any atom is 0.224 e. The second-order valence-corrected chi connectivity index (χ2v) is 5.87. The molecule has 0 bridgehead atoms. The van der Waals surface area contributed by atoms with Crippen molar-refractivity contribution in [1.29, 1.82) is 0 Å². The van der Waals surface area contributed by atoms with Gasteiger partial charge in [-0.2, -0.15) is 0 Å². The molecule has 0 aliphatic heterocycles. The van der Waals surface area contributed by atoms with Crippen LogP contribution in [0.25, 0.3) is 0 Å². The highest BCUT2D eigenvalue weighted by Crippen LogP contribution is 2.11. The highest BCUT2D eigenvalue weighted by Gasteiger charge is 2.07. The van der Waals surface area contributed by atoms with Gasteiger partial charge in [-0.3, -0.25) is 4.79 Å². The quantitative estimate of drug-likeness (QED) is 0.787. The van der Waals surface area contributed by atoms with Crippen molar-refractivity contribution in [3.05, 3.63) is 34.3 Å². The van der Waals surface area contributed by atoms with Gasteiger partial charge in [0, 0.05) is 18.1 Å². The number of methoxy groups -OCH3 is 1. The van der Waals surface area contributed by atoms with Crippen LogP contribution in [0.15, 0.2) is 28.7 Å². The number of carbonyl (C=O) groups excluding carboxylic acids is 1. The van der Waals surface area contributed by atoms with Crippen molar-refractivity contribution in [3.63, 3.8) is 0 Å². The molecule has 1 unspecified atom stereocenters. The van der Waals surface area contributed by atoms with Crippen LogP contribution in [0.3, 0.4) is 0 Å². The number of carbonyl (C=O) groups is 1. The lowest BCUT2D eigenvalue weighted by molar-refractivity contribution is -0.120. The molecule has 1 rings (SSSR count). The van der Waals surface area contributed by atoms with Gasteiger partial charge in [0.25, 0.3) is 0 Å². The largest absolute Gasteiger partial charge is 0.383 e. The molecule has 1 aromatic rings. The Kier molecular flexibility index (Phi) is 6.77. The number of rotatable bonds is 6. The second kappa shape index (κ2) is 7.84. The first-order valence-electron chi connectivity index (χ1n) is 5.26. The number of hydrogen-bond acceptors (Lipinski definition) is 2. The summed E-state index contributed by atoms with van der Waals surface area (Å²) in [6.07, 6.45) is 0.395. The standard InChI is InChI=1S/C12H15Br2NO2/c1-17-8-11(14)7-15-12(16)6-9-3-2-4-10(13)5-9/h2-5,11H,6-8H2,1H3,(H,15,16). The zero-order valence-electron chi connectivity index (χ0n) is 9.58. The molecule has 0 aliphatic carbocycles. The van der Waals surface area contributed by atoms with Gasteiger partial charge in [0.05, 0.1) is 17.9 Å². The van der Waals surface area contributed by atoms with Crippen LogP contribution in [0, 0.1) is 0 Å². The Bertz CT molecular complexity index is 371. The summed E-state index contributed by atoms with van der Waals surface area (Å²) in [5.74, 6) is 0.0173. The lowest BCUT2D eigenvalue weighted by atomic mass is 10.1. The van der Waals surface area contributed by atoms with E-state index in [1.54, 1.807) is 7.11 Å². The highest BCUT2D eigenvalue weighted by atomic mass is 79.9. The fourth-order valence-corrected chi connectivity index (χ4v) is 2.23. The lowest BCUT2D eigenvalue weighted by Crippen LogP contribution is -2.32. The molecule has 0 spiro atoms. The zero-order valence-corrected chi connectivity index (χ0v) is 12.8. The normalized spacial score (nSPS) is 12.2. The molecule has 5 heteroatoms. The Morgan fingerprint density at radius 1 is 1.53 bits per heavy atom. The van der Waals surface area contributed by atoms with Gasteiger partial charge >= 0.3 is 0 Å². The summed E-state index contributed by atoms with van der Waals surface area (Å²) in [6, 6.07) is 7.74. The molecule has 1 atom stereocenters. The topological polar surface area (TPSA) is 38.3 Å². The Balaban J connectivity index is 2.34. The number of halogens is 2. The van der Waals surface area contributed by atoms with Crippen LogP contribution in [0.5, 0.6) is 0 Å². The summed E-state index contributed by atoms with van der Waals surface area (Å²) < 4.78 is 5.95. The van der Waals surface area contributed by atoms with E-state index in [1.807, 2.05) is 24.3 Å². The third kappa shape index (κ3) is 6.19. The van der Waals surface area contributed by atoms with Gasteiger partial charge in [-0.25, -0.2) is 0 Å². The summed E-state index contributed by atoms with van der Waals surface area (Å²) in [4.78, 5) is 11.8. The predicted molar refractivity (Wildman–Crippen MR) is 75.4 cm³/mol. The van der Waals surface area contributed by atoms with Gasteiger partial charge in [-0.1, -0.05) is 44.0 Å². The SMILES string of the molecule is COCC(Br)CNC(=O)Cc1cccc(Br)c1. The van der Waals surface area contributed by atoms with Gasteiger partial charge in [0.15, 0.2) is 0 Å². The van der Waals surface area contributed by atoms with Gasteiger partial charge in [0.1, 0.15) is 0 Å². The van der Waals surface area contributed by atoms with Crippen LogP contribution in [-0.4, -0.2) is 31.0 Å². The number of benzene rings is 1. The molecule has 1 N–H and O–H groups in total. The van der Waals surface area contributed by atoms with Crippen LogP contribution in [0.4, 0.5) is 0 Å². The van der Waals surface area contributed by atoms with Crippen molar-refractivity contribution in [2.45, 2.75) is 11.2 Å². The molecule has 1 amide bonds. The minimum atomic E-state index is 0.0173. The van der Waals surface area contributed by atoms with Crippen molar-refractivity contribution in [2.24, 2.45) is 0 Å². The van der Waals surface area contributed by atoms with Crippen molar-refractivity contribution < 1.29 is 9.53 Å². The first-order valence-corrected chi connectivity index (χ1v) is 6.97. The minimum absolute atomic E-state index is 0.0173. The fourth-order valence-electron chi connectivity index (χ4n) is 1.36. The van der Waals surface area contributed by atoms with Gasteiger partial charge in [0.2, 0.25) is 5.91 Å². The van der Waals surface area contributed by atoms with E-state index in [0.717, 1.165) is 10.0 Å². The molecule has 94 valence electrons. The van der Waals surface area contributed by atoms with Crippen LogP contribution in [0.2, 0.25) is 0 Å². The Morgan fingerprint density at radius 3 is 2.94 bits per heavy atom. The maximum absolute atomic E-state index is 11.6. The summed E-state index contributed by atoms with van der Waals surface area (Å²) >= 11 is 6.80. The molecule has 17 heavy (non-hydrogen) atoms. The summed E-state index contributed by atoms with van der Waals surface area (Å²) in [5, 5.41) is 2.85. The fraction of sp³-hybridized carbons (Fsp3) is 0.417. The predicted octanol–water partition coefficient (Wildman–Crippen LogP) is 2.52. The lowest BCUT2D eigenvalue weighted by Gasteiger charge is -2.10. The van der Waals surface area contributed by atoms with Crippen LogP contribution in [0.1, 0.15) is 5.56 Å². The van der Waals surface area contributed by atoms with Gasteiger partial charge < -0.3 is 10.1 Å². The molecule has 0 saturated heterocycles. The Morgan fingerprint density at radius 2 is 2.29 bits per heavy atom. The van der Waals surface area contributed by atoms with Crippen molar-refractivity contribution >= 4 is 37.8 Å². The average Bonchev–Trinajstić information content (AvgIpc) is 2.27. The van der Waals surface area contributed by atoms with E-state index in [9.17, 15) is 4.79 Å². The zero-order chi connectivity index (χ0) is 12.7. The average molecular weight is 365 g/mol. The Hall–Kier alpha value is -0.390. The van der Waals surface area contributed by atoms with E-state index in [0.29, 0.717) is 19.6 Å². The van der Waals surface area contributed by atoms with E-state index in [1.165, 1.54) is 0 Å². The summed E-state index contributed by atoms with van der Waals surface area (Å²) in [5.41, 5.74) is 0.995. The molecule has 0 aliphatic rings. The van der Waals surface area contributed by atoms with E-state index in [2.05, 4.69) is 37.2 Å². The molecule has 0 radical (unpaired) electrons. The molecular weight excluding hydrogens is 350 g/mol. The smallest absolute Gasteiger partial charge is 0.224 e. The third-order valence-electron chi connectivity index (χ3n) is 2.12. The van der Waals surface area contributed by atoms with E-state index >= 15 is 0 Å². The first-order chi connectivity index (χ1) is 8.11. The molecule has 1 aromatic carbocycles. The van der Waals surface area contributed by atoms with E-state index < -0.39 is 0 Å². The number of amides is 1. The van der Waals surface area contributed by atoms with Gasteiger partial charge in [-0.15, -0.1) is 0 Å². The maximum atomic E-state index is 11.6. The summed E-state index contributed by atoms with van der Waals surface area (Å²) in [7, 11) is 1.64. The third-order valence-corrected chi connectivity index (χ3v) is 3.20. The van der Waals surface area contributed by atoms with E-state index in [4.69, 9.17) is 4.74 Å². The first kappa shape index (κ1) is 14.7. The molecule has 0 saturated carbocycles. The number of alkyl halides is 1. The molecule has 3 nitrogen and oxygen atoms in total. The van der Waals surface area contributed by atoms with Crippen molar-refractivity contribution in [2.75, 3.05) is 20.3 Å². The second-order valence-electron chi connectivity index (χ2n) is 3.66. The molecular formula is C12H15Br2NO2. The minimum Gasteiger partial charge on any atom is -0.383 e. The van der Waals surface area contributed by atoms with Crippen molar-refractivity contribution in [1.82, 2.24) is 5.32 Å². The van der Waals surface area contributed by atoms with Crippen LogP contribution < -0.4 is 5.32 Å². The Labute approximate surface area is 118 Å². The van der Waals surface area contributed by atoms with Crippen molar-refractivity contribution in [3.8, 4) is 0 Å². The number of ether oxygens (including phenoxy) is 1. The number of nitrogens with one attached hydrogen (secondary N) is 1. The van der Waals surface area contributed by atoms with Crippen LogP contribution in [-0.2, 0) is 16.0 Å². The highest BCUT2D eigenvalue weighted by molar-refractivity contribution is 9.10.